The first-order valence-corrected chi connectivity index (χ1v) is 17.5. The molecule has 0 fully saturated rings. The van der Waals surface area contributed by atoms with Crippen LogP contribution >= 0.6 is 28.7 Å². The fourth-order valence-corrected chi connectivity index (χ4v) is 6.36. The Morgan fingerprint density at radius 2 is 1.44 bits per heavy atom. The molecule has 1 aliphatic rings. The SMILES string of the molecule is Br.CCCCCCCCCCCCCCOc1ccc(CC(=O)Nc2ccc(CN3CSC=C3C)cc2)cc1C(C)(C)C. The van der Waals surface area contributed by atoms with Gasteiger partial charge in [-0.3, -0.25) is 4.79 Å². The van der Waals surface area contributed by atoms with Gasteiger partial charge in [-0.25, -0.2) is 0 Å². The molecule has 0 unspecified atom stereocenters. The lowest BCUT2D eigenvalue weighted by Gasteiger charge is -2.24. The molecule has 43 heavy (non-hydrogen) atoms. The topological polar surface area (TPSA) is 41.6 Å². The molecule has 0 atom stereocenters. The van der Waals surface area contributed by atoms with Crippen molar-refractivity contribution in [2.45, 2.75) is 130 Å². The van der Waals surface area contributed by atoms with Gasteiger partial charge < -0.3 is 15.0 Å². The zero-order chi connectivity index (χ0) is 30.2. The Balaban J connectivity index is 0.00000645. The van der Waals surface area contributed by atoms with Crippen LogP contribution in [0.1, 0.15) is 128 Å². The molecule has 240 valence electrons. The maximum atomic E-state index is 12.9. The summed E-state index contributed by atoms with van der Waals surface area (Å²) in [5.41, 5.74) is 5.52. The molecule has 0 aromatic heterocycles. The summed E-state index contributed by atoms with van der Waals surface area (Å²) in [4.78, 5) is 15.2. The maximum absolute atomic E-state index is 12.9. The monoisotopic (exact) mass is 672 g/mol. The number of halogens is 1. The van der Waals surface area contributed by atoms with Crippen LogP contribution in [0.3, 0.4) is 0 Å². The van der Waals surface area contributed by atoms with E-state index in [0.29, 0.717) is 6.42 Å². The fraction of sp³-hybridized carbons (Fsp3) is 0.595. The summed E-state index contributed by atoms with van der Waals surface area (Å²) in [6, 6.07) is 14.5. The lowest BCUT2D eigenvalue weighted by atomic mass is 9.85. The van der Waals surface area contributed by atoms with Crippen molar-refractivity contribution >= 4 is 40.3 Å². The maximum Gasteiger partial charge on any atom is 0.228 e. The summed E-state index contributed by atoms with van der Waals surface area (Å²) in [6.45, 7) is 12.7. The van der Waals surface area contributed by atoms with Gasteiger partial charge in [0.1, 0.15) is 5.75 Å². The number of allylic oxidation sites excluding steroid dienone is 1. The van der Waals surface area contributed by atoms with Crippen molar-refractivity contribution in [3.63, 3.8) is 0 Å². The van der Waals surface area contributed by atoms with E-state index in [2.05, 4.69) is 74.5 Å². The summed E-state index contributed by atoms with van der Waals surface area (Å²) >= 11 is 1.83. The number of anilines is 1. The van der Waals surface area contributed by atoms with Gasteiger partial charge >= 0.3 is 0 Å². The van der Waals surface area contributed by atoms with Crippen LogP contribution in [0, 0.1) is 0 Å². The van der Waals surface area contributed by atoms with Crippen molar-refractivity contribution < 1.29 is 9.53 Å². The third-order valence-electron chi connectivity index (χ3n) is 8.07. The highest BCUT2D eigenvalue weighted by Crippen LogP contribution is 2.33. The smallest absolute Gasteiger partial charge is 0.228 e. The third kappa shape index (κ3) is 14.2. The molecule has 1 aliphatic heterocycles. The number of hydrogen-bond donors (Lipinski definition) is 1. The lowest BCUT2D eigenvalue weighted by Crippen LogP contribution is -2.18. The first-order chi connectivity index (χ1) is 20.3. The molecule has 2 aromatic carbocycles. The molecule has 1 N–H and O–H groups in total. The molecule has 1 heterocycles. The number of hydrogen-bond acceptors (Lipinski definition) is 4. The van der Waals surface area contributed by atoms with E-state index in [9.17, 15) is 4.79 Å². The molecule has 0 bridgehead atoms. The Morgan fingerprint density at radius 1 is 0.860 bits per heavy atom. The lowest BCUT2D eigenvalue weighted by molar-refractivity contribution is -0.115. The van der Waals surface area contributed by atoms with Gasteiger partial charge in [0.15, 0.2) is 0 Å². The summed E-state index contributed by atoms with van der Waals surface area (Å²) < 4.78 is 6.27. The molecule has 4 nitrogen and oxygen atoms in total. The molecule has 0 radical (unpaired) electrons. The minimum absolute atomic E-state index is 0. The summed E-state index contributed by atoms with van der Waals surface area (Å²) in [7, 11) is 0. The highest BCUT2D eigenvalue weighted by atomic mass is 79.9. The second-order valence-corrected chi connectivity index (χ2v) is 13.8. The highest BCUT2D eigenvalue weighted by Gasteiger charge is 2.20. The second kappa shape index (κ2) is 20.2. The van der Waals surface area contributed by atoms with E-state index < -0.39 is 0 Å². The van der Waals surface area contributed by atoms with Crippen LogP contribution in [0.5, 0.6) is 5.75 Å². The van der Waals surface area contributed by atoms with Crippen LogP contribution in [0.15, 0.2) is 53.6 Å². The zero-order valence-electron chi connectivity index (χ0n) is 27.5. The van der Waals surface area contributed by atoms with Gasteiger partial charge in [0.2, 0.25) is 5.91 Å². The van der Waals surface area contributed by atoms with Gasteiger partial charge in [-0.05, 0) is 59.1 Å². The second-order valence-electron chi connectivity index (χ2n) is 13.0. The summed E-state index contributed by atoms with van der Waals surface area (Å²) in [6.07, 6.45) is 16.5. The van der Waals surface area contributed by atoms with Gasteiger partial charge in [-0.2, -0.15) is 0 Å². The molecule has 0 saturated heterocycles. The Hall–Kier alpha value is -1.92. The van der Waals surface area contributed by atoms with Crippen molar-refractivity contribution in [1.29, 1.82) is 0 Å². The van der Waals surface area contributed by atoms with Gasteiger partial charge in [-0.1, -0.05) is 123 Å². The number of carbonyl (C=O) groups is 1. The van der Waals surface area contributed by atoms with E-state index in [-0.39, 0.29) is 28.3 Å². The van der Waals surface area contributed by atoms with Gasteiger partial charge in [0.25, 0.3) is 0 Å². The summed E-state index contributed by atoms with van der Waals surface area (Å²) in [5.74, 6) is 1.96. The molecule has 3 rings (SSSR count). The quantitative estimate of drug-likeness (QED) is 0.151. The van der Waals surface area contributed by atoms with E-state index >= 15 is 0 Å². The zero-order valence-corrected chi connectivity index (χ0v) is 30.0. The molecular formula is C37H57BrN2O2S. The van der Waals surface area contributed by atoms with Crippen LogP contribution in [-0.4, -0.2) is 23.3 Å². The van der Waals surface area contributed by atoms with Crippen LogP contribution in [0.2, 0.25) is 0 Å². The number of thioether (sulfide) groups is 1. The number of ether oxygens (including phenoxy) is 1. The van der Waals surface area contributed by atoms with E-state index in [1.807, 2.05) is 30.0 Å². The van der Waals surface area contributed by atoms with Crippen LogP contribution < -0.4 is 10.1 Å². The minimum atomic E-state index is -0.0599. The van der Waals surface area contributed by atoms with Crippen molar-refractivity contribution in [1.82, 2.24) is 4.90 Å². The number of rotatable bonds is 19. The average Bonchev–Trinajstić information content (AvgIpc) is 3.36. The fourth-order valence-electron chi connectivity index (χ4n) is 5.42. The molecular weight excluding hydrogens is 616 g/mol. The predicted octanol–water partition coefficient (Wildman–Crippen LogP) is 11.2. The van der Waals surface area contributed by atoms with Crippen molar-refractivity contribution in [2.75, 3.05) is 17.8 Å². The Labute approximate surface area is 277 Å². The number of benzene rings is 2. The van der Waals surface area contributed by atoms with Crippen LogP contribution in [-0.2, 0) is 23.2 Å². The minimum Gasteiger partial charge on any atom is -0.493 e. The van der Waals surface area contributed by atoms with Crippen molar-refractivity contribution in [3.8, 4) is 5.75 Å². The normalized spacial score (nSPS) is 13.0. The van der Waals surface area contributed by atoms with Gasteiger partial charge in [0.05, 0.1) is 18.9 Å². The van der Waals surface area contributed by atoms with Crippen LogP contribution in [0.25, 0.3) is 0 Å². The highest BCUT2D eigenvalue weighted by molar-refractivity contribution is 8.93. The Kier molecular flexibility index (Phi) is 17.5. The van der Waals surface area contributed by atoms with E-state index in [0.717, 1.165) is 42.4 Å². The number of nitrogens with zero attached hydrogens (tertiary/aromatic N) is 1. The van der Waals surface area contributed by atoms with E-state index in [1.54, 1.807) is 0 Å². The molecule has 6 heteroatoms. The predicted molar refractivity (Wildman–Crippen MR) is 193 cm³/mol. The number of amides is 1. The molecule has 1 amide bonds. The first kappa shape index (κ1) is 37.3. The first-order valence-electron chi connectivity index (χ1n) is 16.4. The van der Waals surface area contributed by atoms with Gasteiger partial charge in [0, 0.05) is 17.9 Å². The molecule has 0 saturated carbocycles. The van der Waals surface area contributed by atoms with E-state index in [4.69, 9.17) is 4.74 Å². The Morgan fingerprint density at radius 3 is 2.00 bits per heavy atom. The number of unbranched alkanes of at least 4 members (excludes halogenated alkanes) is 11. The third-order valence-corrected chi connectivity index (χ3v) is 9.03. The van der Waals surface area contributed by atoms with Crippen molar-refractivity contribution in [3.05, 3.63) is 70.3 Å². The average molecular weight is 674 g/mol. The van der Waals surface area contributed by atoms with Crippen molar-refractivity contribution in [2.24, 2.45) is 0 Å². The summed E-state index contributed by atoms with van der Waals surface area (Å²) in [5, 5.41) is 5.28. The molecule has 0 aliphatic carbocycles. The Bertz CT molecular complexity index is 1110. The standard InChI is InChI=1S/C37H56N2O2S.BrH/c1-6-7-8-9-10-11-12-13-14-15-16-17-24-41-35-23-20-32(25-34(35)37(3,4)5)26-36(40)38-33-21-18-31(19-22-33)27-39-29-42-28-30(39)2;/h18-23,25,28H,6-17,24,26-27,29H2,1-5H3,(H,38,40);1H. The number of carbonyl (C=O) groups excluding carboxylic acids is 1. The molecule has 2 aromatic rings. The molecule has 0 spiro atoms. The van der Waals surface area contributed by atoms with E-state index in [1.165, 1.54) is 87.5 Å². The van der Waals surface area contributed by atoms with Crippen LogP contribution in [0.4, 0.5) is 5.69 Å². The number of nitrogens with one attached hydrogen (secondary N) is 1. The van der Waals surface area contributed by atoms with Gasteiger partial charge in [-0.15, -0.1) is 28.7 Å². The largest absolute Gasteiger partial charge is 0.493 e.